The molecule has 1 heterocycles. The number of hydrogen-bond acceptors (Lipinski definition) is 3. The Kier molecular flexibility index (Phi) is 8.35. The second-order valence-corrected chi connectivity index (χ2v) is 5.43. The van der Waals surface area contributed by atoms with E-state index in [1.54, 1.807) is 0 Å². The molecule has 118 valence electrons. The first-order valence-corrected chi connectivity index (χ1v) is 7.38. The molecule has 2 rings (SSSR count). The number of nitrogens with one attached hydrogen (secondary N) is 2. The normalized spacial score (nSPS) is 16.8. The Bertz CT molecular complexity index is 408. The SMILES string of the molecule is CC(COCc1ccccc1)NC(=O)C1CCNCC1.Cl. The second kappa shape index (κ2) is 9.77. The highest BCUT2D eigenvalue weighted by Gasteiger charge is 2.21. The van der Waals surface area contributed by atoms with Gasteiger partial charge in [-0.3, -0.25) is 4.79 Å². The van der Waals surface area contributed by atoms with Crippen molar-refractivity contribution < 1.29 is 9.53 Å². The number of carbonyl (C=O) groups excluding carboxylic acids is 1. The standard InChI is InChI=1S/C16H24N2O2.ClH/c1-13(11-20-12-14-5-3-2-4-6-14)18-16(19)15-7-9-17-10-8-15;/h2-6,13,15,17H,7-12H2,1H3,(H,18,19);1H. The van der Waals surface area contributed by atoms with Crippen LogP contribution >= 0.6 is 12.4 Å². The van der Waals surface area contributed by atoms with Crippen LogP contribution in [-0.4, -0.2) is 31.6 Å². The van der Waals surface area contributed by atoms with E-state index < -0.39 is 0 Å². The van der Waals surface area contributed by atoms with Gasteiger partial charge in [-0.2, -0.15) is 0 Å². The molecule has 2 N–H and O–H groups in total. The largest absolute Gasteiger partial charge is 0.375 e. The third kappa shape index (κ3) is 6.46. The van der Waals surface area contributed by atoms with Gasteiger partial charge in [-0.25, -0.2) is 0 Å². The average molecular weight is 313 g/mol. The predicted molar refractivity (Wildman–Crippen MR) is 86.5 cm³/mol. The van der Waals surface area contributed by atoms with E-state index in [0.29, 0.717) is 13.2 Å². The van der Waals surface area contributed by atoms with Crippen molar-refractivity contribution in [3.63, 3.8) is 0 Å². The molecule has 0 radical (unpaired) electrons. The minimum absolute atomic E-state index is 0. The van der Waals surface area contributed by atoms with Gasteiger partial charge in [0.1, 0.15) is 0 Å². The van der Waals surface area contributed by atoms with Crippen LogP contribution in [0.4, 0.5) is 0 Å². The summed E-state index contributed by atoms with van der Waals surface area (Å²) in [6.45, 7) is 5.01. The summed E-state index contributed by atoms with van der Waals surface area (Å²) in [6, 6.07) is 10.1. The van der Waals surface area contributed by atoms with Crippen molar-refractivity contribution in [3.05, 3.63) is 35.9 Å². The summed E-state index contributed by atoms with van der Waals surface area (Å²) < 4.78 is 5.64. The van der Waals surface area contributed by atoms with Gasteiger partial charge in [0.05, 0.1) is 13.2 Å². The summed E-state index contributed by atoms with van der Waals surface area (Å²) in [7, 11) is 0. The van der Waals surface area contributed by atoms with Crippen molar-refractivity contribution in [1.82, 2.24) is 10.6 Å². The molecule has 1 aromatic rings. The van der Waals surface area contributed by atoms with Gasteiger partial charge in [0, 0.05) is 12.0 Å². The lowest BCUT2D eigenvalue weighted by Gasteiger charge is -2.24. The lowest BCUT2D eigenvalue weighted by atomic mass is 9.97. The first-order valence-electron chi connectivity index (χ1n) is 7.38. The molecule has 0 saturated carbocycles. The fourth-order valence-electron chi connectivity index (χ4n) is 2.41. The Labute approximate surface area is 133 Å². The minimum atomic E-state index is 0. The van der Waals surface area contributed by atoms with Crippen LogP contribution in [0.25, 0.3) is 0 Å². The molecule has 21 heavy (non-hydrogen) atoms. The van der Waals surface area contributed by atoms with Gasteiger partial charge in [0.25, 0.3) is 0 Å². The number of rotatable bonds is 6. The highest BCUT2D eigenvalue weighted by molar-refractivity contribution is 5.85. The van der Waals surface area contributed by atoms with Gasteiger partial charge in [-0.15, -0.1) is 12.4 Å². The lowest BCUT2D eigenvalue weighted by Crippen LogP contribution is -2.43. The van der Waals surface area contributed by atoms with Crippen LogP contribution in [0.15, 0.2) is 30.3 Å². The van der Waals surface area contributed by atoms with Crippen LogP contribution in [0.5, 0.6) is 0 Å². The number of benzene rings is 1. The van der Waals surface area contributed by atoms with E-state index in [1.165, 1.54) is 0 Å². The maximum atomic E-state index is 12.0. The molecule has 1 unspecified atom stereocenters. The summed E-state index contributed by atoms with van der Waals surface area (Å²) in [4.78, 5) is 12.0. The van der Waals surface area contributed by atoms with Crippen molar-refractivity contribution in [1.29, 1.82) is 0 Å². The van der Waals surface area contributed by atoms with E-state index in [9.17, 15) is 4.79 Å². The molecule has 1 atom stereocenters. The van der Waals surface area contributed by atoms with E-state index >= 15 is 0 Å². The summed E-state index contributed by atoms with van der Waals surface area (Å²) in [5, 5.41) is 6.31. The Morgan fingerprint density at radius 3 is 2.67 bits per heavy atom. The number of ether oxygens (including phenoxy) is 1. The molecule has 0 aromatic heterocycles. The predicted octanol–water partition coefficient (Wildman–Crippen LogP) is 2.13. The van der Waals surface area contributed by atoms with Gasteiger partial charge in [-0.1, -0.05) is 30.3 Å². The van der Waals surface area contributed by atoms with Crippen molar-refractivity contribution in [2.75, 3.05) is 19.7 Å². The van der Waals surface area contributed by atoms with Gasteiger partial charge >= 0.3 is 0 Å². The lowest BCUT2D eigenvalue weighted by molar-refractivity contribution is -0.126. The maximum Gasteiger partial charge on any atom is 0.223 e. The number of amides is 1. The molecule has 1 aliphatic heterocycles. The quantitative estimate of drug-likeness (QED) is 0.846. The van der Waals surface area contributed by atoms with Crippen LogP contribution in [0, 0.1) is 5.92 Å². The van der Waals surface area contributed by atoms with Gasteiger partial charge in [-0.05, 0) is 38.4 Å². The summed E-state index contributed by atoms with van der Waals surface area (Å²) >= 11 is 0. The smallest absolute Gasteiger partial charge is 0.223 e. The van der Waals surface area contributed by atoms with Crippen LogP contribution in [0.2, 0.25) is 0 Å². The Hall–Kier alpha value is -1.10. The molecular formula is C16H25ClN2O2. The molecule has 4 nitrogen and oxygen atoms in total. The van der Waals surface area contributed by atoms with E-state index in [0.717, 1.165) is 31.5 Å². The van der Waals surface area contributed by atoms with Crippen LogP contribution < -0.4 is 10.6 Å². The molecule has 0 spiro atoms. The summed E-state index contributed by atoms with van der Waals surface area (Å²) in [5.41, 5.74) is 1.16. The topological polar surface area (TPSA) is 50.4 Å². The van der Waals surface area contributed by atoms with Crippen molar-refractivity contribution in [3.8, 4) is 0 Å². The first-order chi connectivity index (χ1) is 9.75. The average Bonchev–Trinajstić information content (AvgIpc) is 2.49. The fraction of sp³-hybridized carbons (Fsp3) is 0.562. The van der Waals surface area contributed by atoms with Crippen LogP contribution in [0.1, 0.15) is 25.3 Å². The number of piperidine rings is 1. The molecule has 1 aliphatic rings. The summed E-state index contributed by atoms with van der Waals surface area (Å²) in [5.74, 6) is 0.329. The zero-order valence-electron chi connectivity index (χ0n) is 12.5. The summed E-state index contributed by atoms with van der Waals surface area (Å²) in [6.07, 6.45) is 1.87. The molecule has 1 fully saturated rings. The molecule has 0 aliphatic carbocycles. The molecular weight excluding hydrogens is 288 g/mol. The molecule has 0 bridgehead atoms. The minimum Gasteiger partial charge on any atom is -0.375 e. The Morgan fingerprint density at radius 1 is 1.33 bits per heavy atom. The molecule has 1 amide bonds. The third-order valence-corrected chi connectivity index (χ3v) is 3.58. The van der Waals surface area contributed by atoms with Crippen molar-refractivity contribution in [2.24, 2.45) is 5.92 Å². The molecule has 1 saturated heterocycles. The van der Waals surface area contributed by atoms with Crippen LogP contribution in [-0.2, 0) is 16.1 Å². The molecule has 1 aromatic carbocycles. The first kappa shape index (κ1) is 18.0. The molecule has 5 heteroatoms. The van der Waals surface area contributed by atoms with E-state index in [2.05, 4.69) is 10.6 Å². The second-order valence-electron chi connectivity index (χ2n) is 5.43. The number of hydrogen-bond donors (Lipinski definition) is 2. The van der Waals surface area contributed by atoms with Crippen molar-refractivity contribution >= 4 is 18.3 Å². The van der Waals surface area contributed by atoms with Crippen molar-refractivity contribution in [2.45, 2.75) is 32.4 Å². The number of halogens is 1. The number of carbonyl (C=O) groups is 1. The van der Waals surface area contributed by atoms with E-state index in [4.69, 9.17) is 4.74 Å². The monoisotopic (exact) mass is 312 g/mol. The zero-order chi connectivity index (χ0) is 14.2. The van der Waals surface area contributed by atoms with Gasteiger partial charge in [0.15, 0.2) is 0 Å². The highest BCUT2D eigenvalue weighted by Crippen LogP contribution is 2.11. The van der Waals surface area contributed by atoms with Gasteiger partial charge < -0.3 is 15.4 Å². The van der Waals surface area contributed by atoms with Crippen LogP contribution in [0.3, 0.4) is 0 Å². The fourth-order valence-corrected chi connectivity index (χ4v) is 2.41. The Balaban J connectivity index is 0.00000220. The third-order valence-electron chi connectivity index (χ3n) is 3.58. The zero-order valence-corrected chi connectivity index (χ0v) is 13.3. The highest BCUT2D eigenvalue weighted by atomic mass is 35.5. The van der Waals surface area contributed by atoms with Gasteiger partial charge in [0.2, 0.25) is 5.91 Å². The van der Waals surface area contributed by atoms with E-state index in [-0.39, 0.29) is 30.3 Å². The Morgan fingerprint density at radius 2 is 2.00 bits per heavy atom. The maximum absolute atomic E-state index is 12.0. The van der Waals surface area contributed by atoms with E-state index in [1.807, 2.05) is 37.3 Å².